The molecule has 1 atom stereocenters. The first kappa shape index (κ1) is 16.9. The minimum Gasteiger partial charge on any atom is -0.381 e. The van der Waals surface area contributed by atoms with Crippen molar-refractivity contribution in [2.24, 2.45) is 5.92 Å². The molecule has 3 saturated heterocycles. The number of hydrogen-bond donors (Lipinski definition) is 0. The van der Waals surface area contributed by atoms with Crippen molar-refractivity contribution in [1.29, 1.82) is 0 Å². The maximum absolute atomic E-state index is 6.25. The minimum atomic E-state index is 0.471. The number of ether oxygens (including phenoxy) is 2. The van der Waals surface area contributed by atoms with Crippen LogP contribution < -0.4 is 0 Å². The van der Waals surface area contributed by atoms with E-state index in [-0.39, 0.29) is 0 Å². The quantitative estimate of drug-likeness (QED) is 0.813. The second kappa shape index (κ2) is 7.36. The van der Waals surface area contributed by atoms with Crippen molar-refractivity contribution in [3.8, 4) is 0 Å². The monoisotopic (exact) mass is 347 g/mol. The standard InChI is InChI=1S/C20H29NO2S/c1-16-3-2-4-18(9-16)11-21-14-20(15-21)10-19(13-24-20)23-12-17-5-7-22-8-6-17/h2-4,9,17,19H,5-8,10-15H2,1H3/t19-/m1/s1. The third-order valence-corrected chi connectivity index (χ3v) is 7.17. The molecule has 0 radical (unpaired) electrons. The van der Waals surface area contributed by atoms with E-state index in [0.29, 0.717) is 10.9 Å². The minimum absolute atomic E-state index is 0.471. The Labute approximate surface area is 150 Å². The predicted octanol–water partition coefficient (Wildman–Crippen LogP) is 3.50. The summed E-state index contributed by atoms with van der Waals surface area (Å²) >= 11 is 2.15. The summed E-state index contributed by atoms with van der Waals surface area (Å²) in [6.45, 7) is 8.51. The van der Waals surface area contributed by atoms with Gasteiger partial charge >= 0.3 is 0 Å². The second-order valence-electron chi connectivity index (χ2n) is 7.84. The van der Waals surface area contributed by atoms with Crippen LogP contribution in [0.5, 0.6) is 0 Å². The number of rotatable bonds is 5. The molecular formula is C20H29NO2S. The smallest absolute Gasteiger partial charge is 0.0680 e. The van der Waals surface area contributed by atoms with Crippen LogP contribution in [-0.4, -0.2) is 54.4 Å². The van der Waals surface area contributed by atoms with Gasteiger partial charge in [0.15, 0.2) is 0 Å². The third kappa shape index (κ3) is 3.98. The van der Waals surface area contributed by atoms with Crippen molar-refractivity contribution in [3.05, 3.63) is 35.4 Å². The first-order valence-electron chi connectivity index (χ1n) is 9.32. The zero-order valence-corrected chi connectivity index (χ0v) is 15.5. The van der Waals surface area contributed by atoms with Gasteiger partial charge in [-0.2, -0.15) is 0 Å². The van der Waals surface area contributed by atoms with Crippen LogP contribution in [0, 0.1) is 12.8 Å². The summed E-state index contributed by atoms with van der Waals surface area (Å²) in [7, 11) is 0. The van der Waals surface area contributed by atoms with E-state index >= 15 is 0 Å². The van der Waals surface area contributed by atoms with Crippen LogP contribution in [0.15, 0.2) is 24.3 Å². The summed E-state index contributed by atoms with van der Waals surface area (Å²) < 4.78 is 12.2. The maximum Gasteiger partial charge on any atom is 0.0680 e. The molecule has 0 bridgehead atoms. The lowest BCUT2D eigenvalue weighted by Crippen LogP contribution is -2.58. The van der Waals surface area contributed by atoms with Gasteiger partial charge in [-0.1, -0.05) is 29.8 Å². The van der Waals surface area contributed by atoms with Gasteiger partial charge in [-0.15, -0.1) is 11.8 Å². The Morgan fingerprint density at radius 2 is 2.12 bits per heavy atom. The van der Waals surface area contributed by atoms with Crippen molar-refractivity contribution in [2.75, 3.05) is 38.7 Å². The van der Waals surface area contributed by atoms with Gasteiger partial charge in [0.2, 0.25) is 0 Å². The van der Waals surface area contributed by atoms with Gasteiger partial charge in [0.25, 0.3) is 0 Å². The molecule has 0 amide bonds. The maximum atomic E-state index is 6.25. The molecule has 4 heteroatoms. The Morgan fingerprint density at radius 1 is 1.29 bits per heavy atom. The molecule has 132 valence electrons. The van der Waals surface area contributed by atoms with Crippen molar-refractivity contribution in [2.45, 2.75) is 43.6 Å². The van der Waals surface area contributed by atoms with Gasteiger partial charge in [0.05, 0.1) is 6.10 Å². The molecule has 3 aliphatic heterocycles. The molecule has 3 heterocycles. The highest BCUT2D eigenvalue weighted by Gasteiger charge is 2.49. The van der Waals surface area contributed by atoms with Crippen molar-refractivity contribution < 1.29 is 9.47 Å². The summed E-state index contributed by atoms with van der Waals surface area (Å²) in [6.07, 6.45) is 4.06. The lowest BCUT2D eigenvalue weighted by atomic mass is 9.92. The van der Waals surface area contributed by atoms with Gasteiger partial charge in [0, 0.05) is 50.0 Å². The number of thioether (sulfide) groups is 1. The molecule has 1 aromatic carbocycles. The fraction of sp³-hybridized carbons (Fsp3) is 0.700. The van der Waals surface area contributed by atoms with E-state index in [9.17, 15) is 0 Å². The fourth-order valence-electron chi connectivity index (χ4n) is 4.26. The van der Waals surface area contributed by atoms with E-state index in [1.54, 1.807) is 0 Å². The third-order valence-electron chi connectivity index (χ3n) is 5.60. The van der Waals surface area contributed by atoms with E-state index in [0.717, 1.165) is 32.3 Å². The summed E-state index contributed by atoms with van der Waals surface area (Å²) in [5, 5.41) is 0. The second-order valence-corrected chi connectivity index (χ2v) is 9.33. The molecule has 0 aromatic heterocycles. The van der Waals surface area contributed by atoms with Gasteiger partial charge in [0.1, 0.15) is 0 Å². The Balaban J connectivity index is 1.20. The zero-order chi connectivity index (χ0) is 16.4. The Kier molecular flexibility index (Phi) is 5.18. The van der Waals surface area contributed by atoms with Gasteiger partial charge < -0.3 is 9.47 Å². The first-order chi connectivity index (χ1) is 11.7. The number of hydrogen-bond acceptors (Lipinski definition) is 4. The molecule has 1 spiro atoms. The van der Waals surface area contributed by atoms with E-state index < -0.39 is 0 Å². The lowest BCUT2D eigenvalue weighted by molar-refractivity contribution is -0.0133. The van der Waals surface area contributed by atoms with Crippen LogP contribution >= 0.6 is 11.8 Å². The Morgan fingerprint density at radius 3 is 2.92 bits per heavy atom. The van der Waals surface area contributed by atoms with Crippen LogP contribution in [0.1, 0.15) is 30.4 Å². The average molecular weight is 348 g/mol. The van der Waals surface area contributed by atoms with Crippen molar-refractivity contribution in [1.82, 2.24) is 4.90 Å². The molecule has 0 N–H and O–H groups in total. The summed E-state index contributed by atoms with van der Waals surface area (Å²) in [5.74, 6) is 1.90. The average Bonchev–Trinajstić information content (AvgIpc) is 2.98. The molecule has 0 saturated carbocycles. The predicted molar refractivity (Wildman–Crippen MR) is 99.5 cm³/mol. The molecule has 0 unspecified atom stereocenters. The van der Waals surface area contributed by atoms with Crippen LogP contribution in [-0.2, 0) is 16.0 Å². The molecule has 24 heavy (non-hydrogen) atoms. The van der Waals surface area contributed by atoms with Crippen molar-refractivity contribution >= 4 is 11.8 Å². The highest BCUT2D eigenvalue weighted by molar-refractivity contribution is 8.01. The van der Waals surface area contributed by atoms with Crippen molar-refractivity contribution in [3.63, 3.8) is 0 Å². The van der Waals surface area contributed by atoms with Crippen LogP contribution in [0.4, 0.5) is 0 Å². The molecule has 0 aliphatic carbocycles. The Hall–Kier alpha value is -0.550. The first-order valence-corrected chi connectivity index (χ1v) is 10.3. The SMILES string of the molecule is Cc1cccc(CN2CC3(C[C@@H](OCC4CCOCC4)CS3)C2)c1. The van der Waals surface area contributed by atoms with Crippen LogP contribution in [0.25, 0.3) is 0 Å². The number of benzene rings is 1. The van der Waals surface area contributed by atoms with Gasteiger partial charge in [-0.3, -0.25) is 4.90 Å². The normalized spacial score (nSPS) is 27.5. The molecule has 1 aromatic rings. The van der Waals surface area contributed by atoms with E-state index in [2.05, 4.69) is 47.9 Å². The van der Waals surface area contributed by atoms with E-state index in [1.807, 2.05) is 0 Å². The summed E-state index contributed by atoms with van der Waals surface area (Å²) in [4.78, 5) is 2.59. The van der Waals surface area contributed by atoms with E-state index in [4.69, 9.17) is 9.47 Å². The molecular weight excluding hydrogens is 318 g/mol. The topological polar surface area (TPSA) is 21.7 Å². The highest BCUT2D eigenvalue weighted by Crippen LogP contribution is 2.46. The molecule has 3 fully saturated rings. The zero-order valence-electron chi connectivity index (χ0n) is 14.7. The fourth-order valence-corrected chi connectivity index (χ4v) is 5.87. The number of nitrogens with zero attached hydrogens (tertiary/aromatic N) is 1. The van der Waals surface area contributed by atoms with E-state index in [1.165, 1.54) is 49.2 Å². The number of likely N-dealkylation sites (tertiary alicyclic amines) is 1. The van der Waals surface area contributed by atoms with Gasteiger partial charge in [-0.05, 0) is 37.7 Å². The molecule has 3 nitrogen and oxygen atoms in total. The van der Waals surface area contributed by atoms with Crippen LogP contribution in [0.3, 0.4) is 0 Å². The Bertz CT molecular complexity index is 552. The lowest BCUT2D eigenvalue weighted by Gasteiger charge is -2.47. The molecule has 3 aliphatic rings. The largest absolute Gasteiger partial charge is 0.381 e. The van der Waals surface area contributed by atoms with Crippen LogP contribution in [0.2, 0.25) is 0 Å². The molecule has 4 rings (SSSR count). The summed E-state index contributed by atoms with van der Waals surface area (Å²) in [5.41, 5.74) is 2.81. The van der Waals surface area contributed by atoms with Gasteiger partial charge in [-0.25, -0.2) is 0 Å². The summed E-state index contributed by atoms with van der Waals surface area (Å²) in [6, 6.07) is 8.91. The highest BCUT2D eigenvalue weighted by atomic mass is 32.2. The number of aryl methyl sites for hydroxylation is 1.